The summed E-state index contributed by atoms with van der Waals surface area (Å²) in [6, 6.07) is 0. The fourth-order valence-corrected chi connectivity index (χ4v) is 4.47. The normalized spacial score (nSPS) is 22.1. The van der Waals surface area contributed by atoms with E-state index in [-0.39, 0.29) is 11.1 Å². The molecule has 1 amide bonds. The first-order valence-corrected chi connectivity index (χ1v) is 7.18. The van der Waals surface area contributed by atoms with Crippen molar-refractivity contribution in [1.29, 1.82) is 0 Å². The molecule has 0 aromatic rings. The lowest BCUT2D eigenvalue weighted by molar-refractivity contribution is -0.128. The third-order valence-corrected chi connectivity index (χ3v) is 7.42. The second-order valence-electron chi connectivity index (χ2n) is 5.01. The molecule has 0 atom stereocenters. The lowest BCUT2D eigenvalue weighted by Gasteiger charge is -2.38. The summed E-state index contributed by atoms with van der Waals surface area (Å²) < 4.78 is 12.5. The van der Waals surface area contributed by atoms with Crippen LogP contribution in [0.15, 0.2) is 0 Å². The molecule has 1 aliphatic rings. The van der Waals surface area contributed by atoms with Crippen LogP contribution < -0.4 is 0 Å². The Morgan fingerprint density at radius 2 is 1.64 bits per heavy atom. The summed E-state index contributed by atoms with van der Waals surface area (Å²) in [5.41, 5.74) is 0. The van der Waals surface area contributed by atoms with Gasteiger partial charge in [0.15, 0.2) is 0 Å². The summed E-state index contributed by atoms with van der Waals surface area (Å²) in [5, 5.41) is -0.101. The van der Waals surface area contributed by atoms with Crippen molar-refractivity contribution in [3.8, 4) is 0 Å². The standard InChI is InChI=1S/C10H20NO2P/c1-9(12)11-5-7-14(13,8-6-11)10(2,3)4/h5-8H2,1-4H3. The number of hydrogen-bond acceptors (Lipinski definition) is 2. The molecule has 1 fully saturated rings. The van der Waals surface area contributed by atoms with Gasteiger partial charge in [-0.25, -0.2) is 0 Å². The molecule has 0 radical (unpaired) electrons. The molecule has 0 aliphatic carbocycles. The van der Waals surface area contributed by atoms with Crippen LogP contribution >= 0.6 is 7.14 Å². The third-order valence-electron chi connectivity index (χ3n) is 3.13. The monoisotopic (exact) mass is 217 g/mol. The Bertz CT molecular complexity index is 268. The van der Waals surface area contributed by atoms with E-state index in [1.165, 1.54) is 0 Å². The van der Waals surface area contributed by atoms with E-state index < -0.39 is 7.14 Å². The van der Waals surface area contributed by atoms with Gasteiger partial charge < -0.3 is 9.46 Å². The van der Waals surface area contributed by atoms with Gasteiger partial charge in [0.2, 0.25) is 5.91 Å². The highest BCUT2D eigenvalue weighted by molar-refractivity contribution is 7.65. The fraction of sp³-hybridized carbons (Fsp3) is 0.900. The highest BCUT2D eigenvalue weighted by Gasteiger charge is 2.39. The molecular formula is C10H20NO2P. The van der Waals surface area contributed by atoms with E-state index in [2.05, 4.69) is 0 Å². The molecule has 0 N–H and O–H groups in total. The Hall–Kier alpha value is -0.300. The van der Waals surface area contributed by atoms with Crippen LogP contribution in [0, 0.1) is 0 Å². The number of carbonyl (C=O) groups is 1. The van der Waals surface area contributed by atoms with Crippen LogP contribution in [0.5, 0.6) is 0 Å². The first-order valence-electron chi connectivity index (χ1n) is 5.10. The van der Waals surface area contributed by atoms with E-state index in [1.807, 2.05) is 20.8 Å². The molecule has 0 unspecified atom stereocenters. The van der Waals surface area contributed by atoms with Gasteiger partial charge >= 0.3 is 0 Å². The van der Waals surface area contributed by atoms with Crippen molar-refractivity contribution in [3.63, 3.8) is 0 Å². The van der Waals surface area contributed by atoms with Crippen LogP contribution in [-0.4, -0.2) is 41.4 Å². The van der Waals surface area contributed by atoms with Gasteiger partial charge in [0.25, 0.3) is 0 Å². The molecule has 4 heteroatoms. The van der Waals surface area contributed by atoms with Gasteiger partial charge in [0.05, 0.1) is 7.14 Å². The third kappa shape index (κ3) is 2.20. The van der Waals surface area contributed by atoms with Crippen molar-refractivity contribution in [2.75, 3.05) is 25.4 Å². The second kappa shape index (κ2) is 3.69. The topological polar surface area (TPSA) is 37.4 Å². The van der Waals surface area contributed by atoms with Crippen LogP contribution in [0.25, 0.3) is 0 Å². The number of hydrogen-bond donors (Lipinski definition) is 0. The van der Waals surface area contributed by atoms with Gasteiger partial charge in [-0.05, 0) is 0 Å². The molecule has 1 aliphatic heterocycles. The molecule has 0 aromatic heterocycles. The zero-order chi connectivity index (χ0) is 11.0. The molecule has 1 saturated heterocycles. The highest BCUT2D eigenvalue weighted by Crippen LogP contribution is 2.58. The zero-order valence-electron chi connectivity index (χ0n) is 9.54. The Morgan fingerprint density at radius 1 is 1.21 bits per heavy atom. The molecular weight excluding hydrogens is 197 g/mol. The van der Waals surface area contributed by atoms with Crippen LogP contribution in [0.2, 0.25) is 0 Å². The zero-order valence-corrected chi connectivity index (χ0v) is 10.4. The fourth-order valence-electron chi connectivity index (χ4n) is 1.77. The van der Waals surface area contributed by atoms with Crippen molar-refractivity contribution >= 4 is 13.0 Å². The molecule has 1 rings (SSSR count). The van der Waals surface area contributed by atoms with E-state index in [9.17, 15) is 9.36 Å². The SMILES string of the molecule is CC(=O)N1CCP(=O)(C(C)(C)C)CC1. The molecule has 3 nitrogen and oxygen atoms in total. The summed E-state index contributed by atoms with van der Waals surface area (Å²) in [7, 11) is -2.07. The van der Waals surface area contributed by atoms with Gasteiger partial charge in [-0.3, -0.25) is 4.79 Å². The van der Waals surface area contributed by atoms with Gasteiger partial charge in [0, 0.05) is 37.5 Å². The first kappa shape index (κ1) is 11.8. The minimum absolute atomic E-state index is 0.101. The number of nitrogens with zero attached hydrogens (tertiary/aromatic N) is 1. The van der Waals surface area contributed by atoms with Gasteiger partial charge in [0.1, 0.15) is 0 Å². The lowest BCUT2D eigenvalue weighted by Crippen LogP contribution is -2.41. The maximum absolute atomic E-state index is 12.5. The molecule has 0 bridgehead atoms. The summed E-state index contributed by atoms with van der Waals surface area (Å²) in [4.78, 5) is 12.9. The second-order valence-corrected chi connectivity index (χ2v) is 9.03. The molecule has 1 heterocycles. The Morgan fingerprint density at radius 3 is 1.93 bits per heavy atom. The van der Waals surface area contributed by atoms with Crippen LogP contribution in [0.4, 0.5) is 0 Å². The predicted octanol–water partition coefficient (Wildman–Crippen LogP) is 2.01. The quantitative estimate of drug-likeness (QED) is 0.582. The summed E-state index contributed by atoms with van der Waals surface area (Å²) >= 11 is 0. The Kier molecular flexibility index (Phi) is 3.10. The van der Waals surface area contributed by atoms with E-state index in [1.54, 1.807) is 11.8 Å². The molecule has 0 aromatic carbocycles. The number of amides is 1. The van der Waals surface area contributed by atoms with Crippen molar-refractivity contribution in [2.24, 2.45) is 0 Å². The van der Waals surface area contributed by atoms with E-state index in [4.69, 9.17) is 0 Å². The number of rotatable bonds is 0. The molecule has 14 heavy (non-hydrogen) atoms. The van der Waals surface area contributed by atoms with Crippen molar-refractivity contribution in [1.82, 2.24) is 4.90 Å². The largest absolute Gasteiger partial charge is 0.342 e. The molecule has 0 saturated carbocycles. The van der Waals surface area contributed by atoms with Crippen LogP contribution in [0.3, 0.4) is 0 Å². The van der Waals surface area contributed by atoms with E-state index in [0.717, 1.165) is 0 Å². The van der Waals surface area contributed by atoms with Crippen LogP contribution in [0.1, 0.15) is 27.7 Å². The molecule has 82 valence electrons. The highest BCUT2D eigenvalue weighted by atomic mass is 31.2. The van der Waals surface area contributed by atoms with Gasteiger partial charge in [-0.2, -0.15) is 0 Å². The van der Waals surface area contributed by atoms with Crippen molar-refractivity contribution < 1.29 is 9.36 Å². The average Bonchev–Trinajstić information content (AvgIpc) is 2.03. The van der Waals surface area contributed by atoms with Crippen molar-refractivity contribution in [2.45, 2.75) is 32.9 Å². The summed E-state index contributed by atoms with van der Waals surface area (Å²) in [6.07, 6.45) is 1.38. The maximum Gasteiger partial charge on any atom is 0.219 e. The average molecular weight is 217 g/mol. The Labute approximate surface area is 86.2 Å². The van der Waals surface area contributed by atoms with Gasteiger partial charge in [-0.15, -0.1) is 0 Å². The lowest BCUT2D eigenvalue weighted by atomic mass is 10.3. The van der Waals surface area contributed by atoms with Gasteiger partial charge in [-0.1, -0.05) is 20.8 Å². The maximum atomic E-state index is 12.5. The summed E-state index contributed by atoms with van der Waals surface area (Å²) in [5.74, 6) is 0.102. The minimum atomic E-state index is -2.07. The van der Waals surface area contributed by atoms with Crippen LogP contribution in [-0.2, 0) is 9.36 Å². The smallest absolute Gasteiger partial charge is 0.219 e. The van der Waals surface area contributed by atoms with E-state index in [0.29, 0.717) is 25.4 Å². The predicted molar refractivity (Wildman–Crippen MR) is 59.3 cm³/mol. The Balaban J connectivity index is 2.67. The molecule has 0 spiro atoms. The number of carbonyl (C=O) groups excluding carboxylic acids is 1. The van der Waals surface area contributed by atoms with E-state index >= 15 is 0 Å². The van der Waals surface area contributed by atoms with Crippen molar-refractivity contribution in [3.05, 3.63) is 0 Å². The summed E-state index contributed by atoms with van der Waals surface area (Å²) in [6.45, 7) is 9.03. The first-order chi connectivity index (χ1) is 6.26. The minimum Gasteiger partial charge on any atom is -0.342 e.